The van der Waals surface area contributed by atoms with E-state index < -0.39 is 5.97 Å². The summed E-state index contributed by atoms with van der Waals surface area (Å²) in [5.41, 5.74) is 0. The monoisotopic (exact) mass is 202 g/mol. The van der Waals surface area contributed by atoms with Gasteiger partial charge in [-0.3, -0.25) is 9.69 Å². The molecule has 1 unspecified atom stereocenters. The maximum atomic E-state index is 10.4. The largest absolute Gasteiger partial charge is 0.481 e. The molecule has 0 spiro atoms. The van der Waals surface area contributed by atoms with Crippen LogP contribution in [-0.4, -0.2) is 60.6 Å². The van der Waals surface area contributed by atoms with Crippen molar-refractivity contribution in [3.05, 3.63) is 0 Å². The minimum absolute atomic E-state index is 0.228. The Morgan fingerprint density at radius 2 is 2.00 bits per heavy atom. The SMILES string of the molecule is CCN(CCC(=O)O)C(C)CN(C)C. The van der Waals surface area contributed by atoms with Gasteiger partial charge in [-0.05, 0) is 27.6 Å². The summed E-state index contributed by atoms with van der Waals surface area (Å²) in [5.74, 6) is -0.722. The molecule has 0 saturated carbocycles. The third-order valence-electron chi connectivity index (χ3n) is 2.27. The molecule has 0 aromatic carbocycles. The zero-order valence-electron chi connectivity index (χ0n) is 9.66. The second-order valence-corrected chi connectivity index (χ2v) is 3.88. The van der Waals surface area contributed by atoms with Crippen molar-refractivity contribution in [3.8, 4) is 0 Å². The molecule has 0 amide bonds. The maximum absolute atomic E-state index is 10.4. The predicted octanol–water partition coefficient (Wildman–Crippen LogP) is 0.733. The standard InChI is InChI=1S/C10H22N2O2/c1-5-12(7-6-10(13)14)9(2)8-11(3)4/h9H,5-8H2,1-4H3,(H,13,14). The number of carboxylic acids is 1. The summed E-state index contributed by atoms with van der Waals surface area (Å²) < 4.78 is 0. The van der Waals surface area contributed by atoms with Gasteiger partial charge < -0.3 is 10.0 Å². The van der Waals surface area contributed by atoms with Gasteiger partial charge in [0.2, 0.25) is 0 Å². The summed E-state index contributed by atoms with van der Waals surface area (Å²) in [6.07, 6.45) is 0.228. The quantitative estimate of drug-likeness (QED) is 0.661. The molecular weight excluding hydrogens is 180 g/mol. The average Bonchev–Trinajstić information content (AvgIpc) is 2.03. The number of hydrogen-bond donors (Lipinski definition) is 1. The van der Waals surface area contributed by atoms with Gasteiger partial charge in [0.25, 0.3) is 0 Å². The number of carbonyl (C=O) groups is 1. The van der Waals surface area contributed by atoms with Crippen molar-refractivity contribution >= 4 is 5.97 Å². The number of rotatable bonds is 7. The Labute approximate surface area is 86.5 Å². The van der Waals surface area contributed by atoms with Crippen LogP contribution in [0.1, 0.15) is 20.3 Å². The molecule has 0 heterocycles. The molecule has 84 valence electrons. The molecule has 1 N–H and O–H groups in total. The van der Waals surface area contributed by atoms with Gasteiger partial charge in [-0.1, -0.05) is 6.92 Å². The van der Waals surface area contributed by atoms with E-state index in [1.54, 1.807) is 0 Å². The van der Waals surface area contributed by atoms with E-state index in [1.807, 2.05) is 14.1 Å². The Balaban J connectivity index is 3.92. The highest BCUT2D eigenvalue weighted by Crippen LogP contribution is 2.01. The highest BCUT2D eigenvalue weighted by Gasteiger charge is 2.13. The molecule has 0 aliphatic carbocycles. The van der Waals surface area contributed by atoms with Gasteiger partial charge in [-0.15, -0.1) is 0 Å². The lowest BCUT2D eigenvalue weighted by atomic mass is 10.2. The second kappa shape index (κ2) is 6.79. The summed E-state index contributed by atoms with van der Waals surface area (Å²) in [6.45, 7) is 6.70. The molecule has 1 atom stereocenters. The molecule has 0 bridgehead atoms. The van der Waals surface area contributed by atoms with Crippen molar-refractivity contribution in [2.45, 2.75) is 26.3 Å². The van der Waals surface area contributed by atoms with Crippen molar-refractivity contribution in [1.29, 1.82) is 0 Å². The molecule has 14 heavy (non-hydrogen) atoms. The van der Waals surface area contributed by atoms with E-state index in [1.165, 1.54) is 0 Å². The van der Waals surface area contributed by atoms with E-state index in [-0.39, 0.29) is 6.42 Å². The number of carboxylic acid groups (broad SMARTS) is 1. The Bertz CT molecular complexity index is 172. The van der Waals surface area contributed by atoms with E-state index in [2.05, 4.69) is 23.6 Å². The average molecular weight is 202 g/mol. The Kier molecular flexibility index (Phi) is 6.49. The van der Waals surface area contributed by atoms with Gasteiger partial charge >= 0.3 is 5.97 Å². The van der Waals surface area contributed by atoms with Crippen LogP contribution < -0.4 is 0 Å². The molecule has 0 aromatic heterocycles. The zero-order chi connectivity index (χ0) is 11.1. The van der Waals surface area contributed by atoms with Crippen molar-refractivity contribution in [1.82, 2.24) is 9.80 Å². The van der Waals surface area contributed by atoms with E-state index in [4.69, 9.17) is 5.11 Å². The van der Waals surface area contributed by atoms with E-state index >= 15 is 0 Å². The van der Waals surface area contributed by atoms with Gasteiger partial charge in [-0.25, -0.2) is 0 Å². The van der Waals surface area contributed by atoms with Crippen LogP contribution in [0.15, 0.2) is 0 Å². The molecular formula is C10H22N2O2. The fourth-order valence-electron chi connectivity index (χ4n) is 1.57. The van der Waals surface area contributed by atoms with E-state index in [0.717, 1.165) is 13.1 Å². The van der Waals surface area contributed by atoms with Crippen LogP contribution in [0.4, 0.5) is 0 Å². The Hall–Kier alpha value is -0.610. The predicted molar refractivity (Wildman–Crippen MR) is 57.5 cm³/mol. The highest BCUT2D eigenvalue weighted by molar-refractivity contribution is 5.66. The zero-order valence-corrected chi connectivity index (χ0v) is 9.66. The van der Waals surface area contributed by atoms with Crippen LogP contribution in [0.3, 0.4) is 0 Å². The lowest BCUT2D eigenvalue weighted by Crippen LogP contribution is -2.40. The molecule has 4 heteroatoms. The smallest absolute Gasteiger partial charge is 0.304 e. The van der Waals surface area contributed by atoms with Crippen LogP contribution in [0, 0.1) is 0 Å². The van der Waals surface area contributed by atoms with E-state index in [9.17, 15) is 4.79 Å². The second-order valence-electron chi connectivity index (χ2n) is 3.88. The Morgan fingerprint density at radius 1 is 1.43 bits per heavy atom. The molecule has 0 rings (SSSR count). The molecule has 0 aromatic rings. The number of aliphatic carboxylic acids is 1. The maximum Gasteiger partial charge on any atom is 0.304 e. The summed E-state index contributed by atoms with van der Waals surface area (Å²) in [5, 5.41) is 8.58. The fraction of sp³-hybridized carbons (Fsp3) is 0.900. The van der Waals surface area contributed by atoms with Crippen LogP contribution >= 0.6 is 0 Å². The normalized spacial score (nSPS) is 13.6. The molecule has 0 saturated heterocycles. The number of nitrogens with zero attached hydrogens (tertiary/aromatic N) is 2. The highest BCUT2D eigenvalue weighted by atomic mass is 16.4. The topological polar surface area (TPSA) is 43.8 Å². The van der Waals surface area contributed by atoms with E-state index in [0.29, 0.717) is 12.6 Å². The molecule has 0 aliphatic rings. The van der Waals surface area contributed by atoms with Crippen LogP contribution in [0.5, 0.6) is 0 Å². The van der Waals surface area contributed by atoms with Gasteiger partial charge in [-0.2, -0.15) is 0 Å². The molecule has 0 aliphatic heterocycles. The van der Waals surface area contributed by atoms with Crippen molar-refractivity contribution in [2.75, 3.05) is 33.7 Å². The number of likely N-dealkylation sites (N-methyl/N-ethyl adjacent to an activating group) is 2. The van der Waals surface area contributed by atoms with Crippen LogP contribution in [-0.2, 0) is 4.79 Å². The summed E-state index contributed by atoms with van der Waals surface area (Å²) in [4.78, 5) is 14.7. The van der Waals surface area contributed by atoms with Crippen molar-refractivity contribution < 1.29 is 9.90 Å². The third kappa shape index (κ3) is 5.94. The van der Waals surface area contributed by atoms with Crippen molar-refractivity contribution in [2.24, 2.45) is 0 Å². The summed E-state index contributed by atoms with van der Waals surface area (Å²) >= 11 is 0. The fourth-order valence-corrected chi connectivity index (χ4v) is 1.57. The molecule has 0 radical (unpaired) electrons. The Morgan fingerprint density at radius 3 is 2.36 bits per heavy atom. The van der Waals surface area contributed by atoms with Gasteiger partial charge in [0.05, 0.1) is 6.42 Å². The molecule has 4 nitrogen and oxygen atoms in total. The van der Waals surface area contributed by atoms with Crippen LogP contribution in [0.25, 0.3) is 0 Å². The first-order valence-electron chi connectivity index (χ1n) is 5.08. The van der Waals surface area contributed by atoms with Crippen molar-refractivity contribution in [3.63, 3.8) is 0 Å². The minimum atomic E-state index is -0.722. The van der Waals surface area contributed by atoms with Gasteiger partial charge in [0, 0.05) is 19.1 Å². The first-order chi connectivity index (χ1) is 6.47. The molecule has 0 fully saturated rings. The summed E-state index contributed by atoms with van der Waals surface area (Å²) in [6, 6.07) is 0.411. The van der Waals surface area contributed by atoms with Gasteiger partial charge in [0.15, 0.2) is 0 Å². The lowest BCUT2D eigenvalue weighted by molar-refractivity contribution is -0.137. The minimum Gasteiger partial charge on any atom is -0.481 e. The first kappa shape index (κ1) is 13.4. The summed E-state index contributed by atoms with van der Waals surface area (Å²) in [7, 11) is 4.06. The van der Waals surface area contributed by atoms with Gasteiger partial charge in [0.1, 0.15) is 0 Å². The number of hydrogen-bond acceptors (Lipinski definition) is 3. The third-order valence-corrected chi connectivity index (χ3v) is 2.27. The first-order valence-corrected chi connectivity index (χ1v) is 5.08. The lowest BCUT2D eigenvalue weighted by Gasteiger charge is -2.29. The van der Waals surface area contributed by atoms with Crippen LogP contribution in [0.2, 0.25) is 0 Å².